The van der Waals surface area contributed by atoms with Crippen LogP contribution in [-0.2, 0) is 16.1 Å². The first-order chi connectivity index (χ1) is 16.8. The molecular formula is C26H21ClN2O6. The van der Waals surface area contributed by atoms with Gasteiger partial charge in [0.15, 0.2) is 17.2 Å². The van der Waals surface area contributed by atoms with Crippen LogP contribution in [0.3, 0.4) is 0 Å². The van der Waals surface area contributed by atoms with Gasteiger partial charge in [-0.05, 0) is 54.8 Å². The molecule has 3 aromatic rings. The summed E-state index contributed by atoms with van der Waals surface area (Å²) in [6.45, 7) is 3.88. The molecule has 0 amide bonds. The summed E-state index contributed by atoms with van der Waals surface area (Å²) in [6, 6.07) is 15.7. The second-order valence-electron chi connectivity index (χ2n) is 7.79. The second-order valence-corrected chi connectivity index (χ2v) is 8.20. The minimum atomic E-state index is -0.680. The van der Waals surface area contributed by atoms with Gasteiger partial charge in [-0.2, -0.15) is 0 Å². The molecular weight excluding hydrogens is 472 g/mol. The smallest absolute Gasteiger partial charge is 0.363 e. The molecule has 0 saturated heterocycles. The number of halogens is 1. The highest BCUT2D eigenvalue weighted by Crippen LogP contribution is 2.38. The molecule has 0 saturated carbocycles. The van der Waals surface area contributed by atoms with Crippen molar-refractivity contribution in [3.63, 3.8) is 0 Å². The van der Waals surface area contributed by atoms with Gasteiger partial charge in [0.1, 0.15) is 6.61 Å². The highest BCUT2D eigenvalue weighted by Gasteiger charge is 2.27. The minimum Gasteiger partial charge on any atom is -0.493 e. The van der Waals surface area contributed by atoms with E-state index in [2.05, 4.69) is 4.99 Å². The zero-order valence-electron chi connectivity index (χ0n) is 19.2. The summed E-state index contributed by atoms with van der Waals surface area (Å²) in [5.41, 5.74) is 3.31. The number of nitro benzene ring substituents is 1. The third-order valence-corrected chi connectivity index (χ3v) is 5.82. The number of ether oxygens (including phenoxy) is 3. The van der Waals surface area contributed by atoms with Crippen LogP contribution in [0, 0.1) is 24.0 Å². The molecule has 3 aromatic carbocycles. The topological polar surface area (TPSA) is 100 Å². The molecule has 1 heterocycles. The van der Waals surface area contributed by atoms with E-state index in [-0.39, 0.29) is 17.3 Å². The maximum absolute atomic E-state index is 12.5. The standard InChI is InChI=1S/C26H21ClN2O6/c1-15-7-4-5-8-18(15)14-34-24-20(27)11-17(13-23(24)33-3)12-21-26(30)35-25(28-21)19-9-6-10-22(16(19)2)29(31)32/h4-13H,14H2,1-3H3/b21-12-. The summed E-state index contributed by atoms with van der Waals surface area (Å²) in [7, 11) is 1.49. The van der Waals surface area contributed by atoms with Crippen molar-refractivity contribution in [2.24, 2.45) is 4.99 Å². The van der Waals surface area contributed by atoms with Crippen molar-refractivity contribution < 1.29 is 23.9 Å². The summed E-state index contributed by atoms with van der Waals surface area (Å²) in [4.78, 5) is 27.5. The molecule has 0 aliphatic carbocycles. The van der Waals surface area contributed by atoms with Gasteiger partial charge in [-0.3, -0.25) is 10.1 Å². The zero-order chi connectivity index (χ0) is 25.1. The molecule has 178 valence electrons. The van der Waals surface area contributed by atoms with E-state index in [1.165, 1.54) is 25.3 Å². The Labute approximate surface area is 206 Å². The summed E-state index contributed by atoms with van der Waals surface area (Å²) in [6.07, 6.45) is 1.50. The number of cyclic esters (lactones) is 1. The van der Waals surface area contributed by atoms with Crippen LogP contribution in [0.5, 0.6) is 11.5 Å². The molecule has 1 aliphatic heterocycles. The molecule has 0 aromatic heterocycles. The monoisotopic (exact) mass is 492 g/mol. The Balaban J connectivity index is 1.63. The first-order valence-corrected chi connectivity index (χ1v) is 11.0. The highest BCUT2D eigenvalue weighted by atomic mass is 35.5. The van der Waals surface area contributed by atoms with Crippen LogP contribution in [0.2, 0.25) is 5.02 Å². The maximum Gasteiger partial charge on any atom is 0.363 e. The van der Waals surface area contributed by atoms with Crippen LogP contribution >= 0.6 is 11.6 Å². The second kappa shape index (κ2) is 9.99. The fraction of sp³-hybridized carbons (Fsp3) is 0.154. The lowest BCUT2D eigenvalue weighted by Crippen LogP contribution is -2.08. The van der Waals surface area contributed by atoms with Gasteiger partial charge in [0.2, 0.25) is 5.90 Å². The van der Waals surface area contributed by atoms with E-state index in [9.17, 15) is 14.9 Å². The van der Waals surface area contributed by atoms with Gasteiger partial charge in [0.25, 0.3) is 5.69 Å². The van der Waals surface area contributed by atoms with Gasteiger partial charge in [-0.1, -0.05) is 41.9 Å². The van der Waals surface area contributed by atoms with Crippen LogP contribution in [-0.4, -0.2) is 23.9 Å². The van der Waals surface area contributed by atoms with E-state index < -0.39 is 10.9 Å². The van der Waals surface area contributed by atoms with Crippen LogP contribution in [0.4, 0.5) is 5.69 Å². The van der Waals surface area contributed by atoms with E-state index >= 15 is 0 Å². The summed E-state index contributed by atoms with van der Waals surface area (Å²) in [5.74, 6) is 0.0904. The minimum absolute atomic E-state index is 0.00121. The summed E-state index contributed by atoms with van der Waals surface area (Å²) in [5, 5.41) is 11.5. The first-order valence-electron chi connectivity index (χ1n) is 10.6. The van der Waals surface area contributed by atoms with Gasteiger partial charge < -0.3 is 14.2 Å². The molecule has 8 nitrogen and oxygen atoms in total. The number of carbonyl (C=O) groups is 1. The van der Waals surface area contributed by atoms with Gasteiger partial charge in [0, 0.05) is 17.2 Å². The van der Waals surface area contributed by atoms with E-state index in [0.717, 1.165) is 11.1 Å². The van der Waals surface area contributed by atoms with E-state index in [1.54, 1.807) is 25.1 Å². The Morgan fingerprint density at radius 3 is 2.63 bits per heavy atom. The number of nitrogens with zero attached hydrogens (tertiary/aromatic N) is 2. The fourth-order valence-electron chi connectivity index (χ4n) is 3.62. The third-order valence-electron chi connectivity index (χ3n) is 5.54. The molecule has 0 radical (unpaired) electrons. The quantitative estimate of drug-likeness (QED) is 0.179. The fourth-order valence-corrected chi connectivity index (χ4v) is 3.89. The van der Waals surface area contributed by atoms with Crippen LogP contribution in [0.25, 0.3) is 6.08 Å². The number of hydrogen-bond donors (Lipinski definition) is 0. The summed E-state index contributed by atoms with van der Waals surface area (Å²) < 4.78 is 16.7. The number of rotatable bonds is 7. The van der Waals surface area contributed by atoms with Crippen LogP contribution in [0.15, 0.2) is 65.3 Å². The molecule has 4 rings (SSSR count). The molecule has 0 spiro atoms. The number of nitro groups is 1. The van der Waals surface area contributed by atoms with Crippen molar-refractivity contribution >= 4 is 35.2 Å². The number of aliphatic imine (C=N–C) groups is 1. The lowest BCUT2D eigenvalue weighted by molar-refractivity contribution is -0.385. The molecule has 1 aliphatic rings. The Morgan fingerprint density at radius 2 is 1.91 bits per heavy atom. The molecule has 0 bridgehead atoms. The average Bonchev–Trinajstić information content (AvgIpc) is 3.18. The van der Waals surface area contributed by atoms with E-state index in [4.69, 9.17) is 25.8 Å². The van der Waals surface area contributed by atoms with Crippen molar-refractivity contribution in [1.82, 2.24) is 0 Å². The molecule has 0 unspecified atom stereocenters. The summed E-state index contributed by atoms with van der Waals surface area (Å²) >= 11 is 6.48. The number of hydrogen-bond acceptors (Lipinski definition) is 7. The van der Waals surface area contributed by atoms with Gasteiger partial charge in [0.05, 0.1) is 17.1 Å². The Bertz CT molecular complexity index is 1400. The zero-order valence-corrected chi connectivity index (χ0v) is 20.0. The molecule has 35 heavy (non-hydrogen) atoms. The molecule has 9 heteroatoms. The van der Waals surface area contributed by atoms with E-state index in [0.29, 0.717) is 39.8 Å². The Morgan fingerprint density at radius 1 is 1.14 bits per heavy atom. The SMILES string of the molecule is COc1cc(/C=C2\N=C(c3cccc([N+](=O)[O-])c3C)OC2=O)cc(Cl)c1OCc1ccccc1C. The molecule has 0 fully saturated rings. The third kappa shape index (κ3) is 5.02. The van der Waals surface area contributed by atoms with Crippen LogP contribution in [0.1, 0.15) is 27.8 Å². The van der Waals surface area contributed by atoms with Crippen molar-refractivity contribution in [3.05, 3.63) is 103 Å². The van der Waals surface area contributed by atoms with E-state index in [1.807, 2.05) is 31.2 Å². The van der Waals surface area contributed by atoms with Gasteiger partial charge in [-0.15, -0.1) is 0 Å². The normalized spacial score (nSPS) is 14.0. The highest BCUT2D eigenvalue weighted by molar-refractivity contribution is 6.32. The number of methoxy groups -OCH3 is 1. The van der Waals surface area contributed by atoms with Gasteiger partial charge in [-0.25, -0.2) is 9.79 Å². The lowest BCUT2D eigenvalue weighted by Gasteiger charge is -2.14. The Kier molecular flexibility index (Phi) is 6.84. The van der Waals surface area contributed by atoms with Crippen LogP contribution < -0.4 is 9.47 Å². The largest absolute Gasteiger partial charge is 0.493 e. The van der Waals surface area contributed by atoms with Crippen molar-refractivity contribution in [2.75, 3.05) is 7.11 Å². The van der Waals surface area contributed by atoms with Crippen molar-refractivity contribution in [1.29, 1.82) is 0 Å². The predicted molar refractivity (Wildman–Crippen MR) is 132 cm³/mol. The maximum atomic E-state index is 12.5. The predicted octanol–water partition coefficient (Wildman–Crippen LogP) is 5.80. The first kappa shape index (κ1) is 24.0. The van der Waals surface area contributed by atoms with Gasteiger partial charge >= 0.3 is 5.97 Å². The number of carbonyl (C=O) groups excluding carboxylic acids is 1. The van der Waals surface area contributed by atoms with Crippen molar-refractivity contribution in [3.8, 4) is 11.5 Å². The average molecular weight is 493 g/mol. The molecule has 0 N–H and O–H groups in total. The lowest BCUT2D eigenvalue weighted by atomic mass is 10.1. The van der Waals surface area contributed by atoms with Crippen molar-refractivity contribution in [2.45, 2.75) is 20.5 Å². The molecule has 0 atom stereocenters. The Hall–Kier alpha value is -4.17. The number of aryl methyl sites for hydroxylation is 1. The number of benzene rings is 3. The number of esters is 1.